The fourth-order valence-electron chi connectivity index (χ4n) is 2.76. The molecule has 1 aliphatic heterocycles. The Labute approximate surface area is 132 Å². The molecule has 0 aromatic heterocycles. The molecular weight excluding hydrogens is 280 g/mol. The van der Waals surface area contributed by atoms with Crippen LogP contribution in [0.25, 0.3) is 0 Å². The largest absolute Gasteiger partial charge is 0.388 e. The van der Waals surface area contributed by atoms with Crippen molar-refractivity contribution in [2.75, 3.05) is 13.2 Å². The number of rotatable bonds is 7. The molecule has 1 heterocycles. The van der Waals surface area contributed by atoms with Gasteiger partial charge >= 0.3 is 6.03 Å². The fourth-order valence-corrected chi connectivity index (χ4v) is 2.76. The molecule has 5 heteroatoms. The lowest BCUT2D eigenvalue weighted by Crippen LogP contribution is -2.47. The molecule has 2 amide bonds. The number of amides is 2. The summed E-state index contributed by atoms with van der Waals surface area (Å²) in [7, 11) is 0. The van der Waals surface area contributed by atoms with Gasteiger partial charge in [-0.1, -0.05) is 37.3 Å². The van der Waals surface area contributed by atoms with E-state index in [-0.39, 0.29) is 18.2 Å². The Hall–Kier alpha value is -1.59. The number of urea groups is 1. The van der Waals surface area contributed by atoms with Crippen LogP contribution in [-0.4, -0.2) is 36.4 Å². The molecule has 0 bridgehead atoms. The standard InChI is InChI=1S/C17H26N2O3/c1-2-14(16-9-6-12-22-16)19-17(21)18-11-10-15(20)13-7-4-3-5-8-13/h3-5,7-8,14-16,20H,2,6,9-12H2,1H3,(H2,18,19,21). The molecule has 1 saturated heterocycles. The Morgan fingerprint density at radius 1 is 1.41 bits per heavy atom. The van der Waals surface area contributed by atoms with E-state index in [0.717, 1.165) is 31.4 Å². The van der Waals surface area contributed by atoms with Crippen molar-refractivity contribution >= 4 is 6.03 Å². The molecule has 1 aliphatic rings. The molecule has 1 aromatic rings. The fraction of sp³-hybridized carbons (Fsp3) is 0.588. The van der Waals surface area contributed by atoms with Gasteiger partial charge in [0.25, 0.3) is 0 Å². The van der Waals surface area contributed by atoms with E-state index >= 15 is 0 Å². The van der Waals surface area contributed by atoms with Crippen LogP contribution in [0, 0.1) is 0 Å². The summed E-state index contributed by atoms with van der Waals surface area (Å²) in [6.07, 6.45) is 2.99. The van der Waals surface area contributed by atoms with Gasteiger partial charge in [0.15, 0.2) is 0 Å². The molecule has 3 unspecified atom stereocenters. The lowest BCUT2D eigenvalue weighted by atomic mass is 10.1. The second kappa shape index (κ2) is 8.76. The van der Waals surface area contributed by atoms with Gasteiger partial charge in [-0.15, -0.1) is 0 Å². The van der Waals surface area contributed by atoms with Gasteiger partial charge in [0, 0.05) is 13.2 Å². The highest BCUT2D eigenvalue weighted by molar-refractivity contribution is 5.74. The van der Waals surface area contributed by atoms with Crippen molar-refractivity contribution in [3.05, 3.63) is 35.9 Å². The maximum atomic E-state index is 11.9. The molecule has 122 valence electrons. The highest BCUT2D eigenvalue weighted by Crippen LogP contribution is 2.17. The van der Waals surface area contributed by atoms with Crippen molar-refractivity contribution in [3.63, 3.8) is 0 Å². The molecule has 2 rings (SSSR count). The first-order valence-electron chi connectivity index (χ1n) is 8.09. The average Bonchev–Trinajstić information content (AvgIpc) is 3.07. The molecule has 22 heavy (non-hydrogen) atoms. The topological polar surface area (TPSA) is 70.6 Å². The molecule has 3 N–H and O–H groups in total. The SMILES string of the molecule is CCC(NC(=O)NCCC(O)c1ccccc1)C1CCCO1. The van der Waals surface area contributed by atoms with Crippen LogP contribution < -0.4 is 10.6 Å². The van der Waals surface area contributed by atoms with Crippen LogP contribution in [0.3, 0.4) is 0 Å². The Bertz CT molecular complexity index is 446. The number of carbonyl (C=O) groups is 1. The maximum absolute atomic E-state index is 11.9. The molecule has 1 aromatic carbocycles. The summed E-state index contributed by atoms with van der Waals surface area (Å²) in [5.74, 6) is 0. The van der Waals surface area contributed by atoms with Gasteiger partial charge in [-0.3, -0.25) is 0 Å². The zero-order chi connectivity index (χ0) is 15.8. The third-order valence-corrected chi connectivity index (χ3v) is 4.06. The van der Waals surface area contributed by atoms with E-state index in [9.17, 15) is 9.90 Å². The van der Waals surface area contributed by atoms with Gasteiger partial charge in [0.2, 0.25) is 0 Å². The van der Waals surface area contributed by atoms with E-state index in [1.807, 2.05) is 37.3 Å². The van der Waals surface area contributed by atoms with E-state index < -0.39 is 6.10 Å². The van der Waals surface area contributed by atoms with Crippen LogP contribution >= 0.6 is 0 Å². The van der Waals surface area contributed by atoms with Crippen LogP contribution in [-0.2, 0) is 4.74 Å². The van der Waals surface area contributed by atoms with Crippen molar-refractivity contribution in [2.45, 2.75) is 50.9 Å². The molecule has 3 atom stereocenters. The van der Waals surface area contributed by atoms with Crippen LogP contribution in [0.1, 0.15) is 44.3 Å². The number of ether oxygens (including phenoxy) is 1. The van der Waals surface area contributed by atoms with Crippen molar-refractivity contribution in [2.24, 2.45) is 0 Å². The average molecular weight is 306 g/mol. The first-order valence-corrected chi connectivity index (χ1v) is 8.09. The predicted molar refractivity (Wildman–Crippen MR) is 85.6 cm³/mol. The minimum Gasteiger partial charge on any atom is -0.388 e. The summed E-state index contributed by atoms with van der Waals surface area (Å²) in [5, 5.41) is 15.8. The summed E-state index contributed by atoms with van der Waals surface area (Å²) in [5.41, 5.74) is 0.871. The summed E-state index contributed by atoms with van der Waals surface area (Å²) < 4.78 is 5.62. The normalized spacial score (nSPS) is 20.4. The molecule has 1 fully saturated rings. The van der Waals surface area contributed by atoms with Crippen molar-refractivity contribution < 1.29 is 14.6 Å². The number of benzene rings is 1. The first-order chi connectivity index (χ1) is 10.7. The lowest BCUT2D eigenvalue weighted by Gasteiger charge is -2.23. The third-order valence-electron chi connectivity index (χ3n) is 4.06. The summed E-state index contributed by atoms with van der Waals surface area (Å²) in [6.45, 7) is 3.27. The lowest BCUT2D eigenvalue weighted by molar-refractivity contribution is 0.0795. The van der Waals surface area contributed by atoms with Crippen LogP contribution in [0.2, 0.25) is 0 Å². The number of carbonyl (C=O) groups excluding carboxylic acids is 1. The number of nitrogens with one attached hydrogen (secondary N) is 2. The minimum absolute atomic E-state index is 0.0570. The van der Waals surface area contributed by atoms with Crippen LogP contribution in [0.15, 0.2) is 30.3 Å². The van der Waals surface area contributed by atoms with Gasteiger partial charge in [-0.25, -0.2) is 4.79 Å². The second-order valence-corrected chi connectivity index (χ2v) is 5.68. The van der Waals surface area contributed by atoms with Gasteiger partial charge in [-0.2, -0.15) is 0 Å². The predicted octanol–water partition coefficient (Wildman–Crippen LogP) is 2.37. The molecule has 0 radical (unpaired) electrons. The number of aliphatic hydroxyl groups is 1. The molecule has 5 nitrogen and oxygen atoms in total. The summed E-state index contributed by atoms with van der Waals surface area (Å²) in [4.78, 5) is 11.9. The Morgan fingerprint density at radius 2 is 2.18 bits per heavy atom. The highest BCUT2D eigenvalue weighted by Gasteiger charge is 2.25. The van der Waals surface area contributed by atoms with E-state index in [1.165, 1.54) is 0 Å². The number of aliphatic hydroxyl groups excluding tert-OH is 1. The quantitative estimate of drug-likeness (QED) is 0.724. The molecule has 0 saturated carbocycles. The maximum Gasteiger partial charge on any atom is 0.315 e. The van der Waals surface area contributed by atoms with Gasteiger partial charge in [0.05, 0.1) is 18.2 Å². The third kappa shape index (κ3) is 5.00. The van der Waals surface area contributed by atoms with Crippen LogP contribution in [0.5, 0.6) is 0 Å². The zero-order valence-electron chi connectivity index (χ0n) is 13.1. The monoisotopic (exact) mass is 306 g/mol. The Balaban J connectivity index is 1.68. The molecular formula is C17H26N2O3. The molecule has 0 spiro atoms. The Morgan fingerprint density at radius 3 is 2.82 bits per heavy atom. The smallest absolute Gasteiger partial charge is 0.315 e. The number of hydrogen-bond acceptors (Lipinski definition) is 3. The minimum atomic E-state index is -0.554. The highest BCUT2D eigenvalue weighted by atomic mass is 16.5. The summed E-state index contributed by atoms with van der Waals surface area (Å²) in [6, 6.07) is 9.34. The zero-order valence-corrected chi connectivity index (χ0v) is 13.1. The van der Waals surface area contributed by atoms with Crippen LogP contribution in [0.4, 0.5) is 4.79 Å². The van der Waals surface area contributed by atoms with Crippen molar-refractivity contribution in [1.82, 2.24) is 10.6 Å². The Kier molecular flexibility index (Phi) is 6.68. The van der Waals surface area contributed by atoms with Gasteiger partial charge < -0.3 is 20.5 Å². The second-order valence-electron chi connectivity index (χ2n) is 5.68. The van der Waals surface area contributed by atoms with E-state index in [4.69, 9.17) is 4.74 Å². The van der Waals surface area contributed by atoms with Gasteiger partial charge in [0.1, 0.15) is 0 Å². The van der Waals surface area contributed by atoms with Gasteiger partial charge in [-0.05, 0) is 31.2 Å². The summed E-state index contributed by atoms with van der Waals surface area (Å²) >= 11 is 0. The number of hydrogen-bond donors (Lipinski definition) is 3. The van der Waals surface area contributed by atoms with Crippen molar-refractivity contribution in [1.29, 1.82) is 0 Å². The first kappa shape index (κ1) is 16.8. The van der Waals surface area contributed by atoms with E-state index in [0.29, 0.717) is 13.0 Å². The van der Waals surface area contributed by atoms with Crippen molar-refractivity contribution in [3.8, 4) is 0 Å². The molecule has 0 aliphatic carbocycles. The van der Waals surface area contributed by atoms with E-state index in [1.54, 1.807) is 0 Å². The van der Waals surface area contributed by atoms with E-state index in [2.05, 4.69) is 10.6 Å².